The number of hydrogen-bond donors (Lipinski definition) is 5. The molecule has 0 aliphatic rings. The zero-order chi connectivity index (χ0) is 5.21. The van der Waals surface area contributed by atoms with E-state index in [1.54, 1.807) is 0 Å². The van der Waals surface area contributed by atoms with Crippen molar-refractivity contribution in [2.45, 2.75) is 0 Å². The molecule has 0 bridgehead atoms. The van der Waals surface area contributed by atoms with E-state index in [-0.39, 0.29) is 18.9 Å². The summed E-state index contributed by atoms with van der Waals surface area (Å²) in [7, 11) is 0. The van der Waals surface area contributed by atoms with Gasteiger partial charge in [0.05, 0.1) is 0 Å². The van der Waals surface area contributed by atoms with E-state index < -0.39 is 17.9 Å². The van der Waals surface area contributed by atoms with Gasteiger partial charge < -0.3 is 19.2 Å². The summed E-state index contributed by atoms with van der Waals surface area (Å²) in [6.45, 7) is -3.87. The van der Waals surface area contributed by atoms with E-state index in [0.717, 1.165) is 0 Å². The fourth-order valence-electron chi connectivity index (χ4n) is 0. The third kappa shape index (κ3) is 11.0. The molecule has 7 heavy (non-hydrogen) atoms. The van der Waals surface area contributed by atoms with Crippen LogP contribution < -0.4 is 0 Å². The van der Waals surface area contributed by atoms with Gasteiger partial charge in [0.25, 0.3) is 6.72 Å². The van der Waals surface area contributed by atoms with Gasteiger partial charge in [-0.1, -0.05) is 0 Å². The van der Waals surface area contributed by atoms with Crippen LogP contribution >= 0.6 is 6.72 Å². The molecule has 0 heterocycles. The molecule has 0 rings (SSSR count). The second-order valence-corrected chi connectivity index (χ2v) is 4.02. The van der Waals surface area contributed by atoms with E-state index in [2.05, 4.69) is 0 Å². The van der Waals surface area contributed by atoms with Crippen molar-refractivity contribution >= 4 is 36.8 Å². The van der Waals surface area contributed by atoms with Crippen molar-refractivity contribution in [3.8, 4) is 0 Å². The van der Waals surface area contributed by atoms with E-state index in [1.807, 2.05) is 0 Å². The molecule has 4 nitrogen and oxygen atoms in total. The fourth-order valence-corrected chi connectivity index (χ4v) is 0. The second kappa shape index (κ2) is 4.13. The Hall–Kier alpha value is 1.22. The van der Waals surface area contributed by atoms with Crippen LogP contribution in [-0.4, -0.2) is 38.1 Å². The van der Waals surface area contributed by atoms with Crippen molar-refractivity contribution in [2.75, 3.05) is 0 Å². The number of rotatable bonds is 0. The molecule has 0 amide bonds. The van der Waals surface area contributed by atoms with Crippen molar-refractivity contribution in [3.05, 3.63) is 0 Å². The number of thiol groups is 1. The van der Waals surface area contributed by atoms with Crippen LogP contribution in [0, 0.1) is 0 Å². The molecule has 4 N–H and O–H groups in total. The molecule has 0 aliphatic carbocycles. The fraction of sp³-hybridized carbons (Fsp3) is 0. The van der Waals surface area contributed by atoms with Crippen molar-refractivity contribution in [1.29, 1.82) is 0 Å². The Bertz CT molecular complexity index is 75.4. The van der Waals surface area contributed by atoms with Gasteiger partial charge in [-0.25, -0.2) is 0 Å². The van der Waals surface area contributed by atoms with E-state index in [4.69, 9.17) is 19.2 Å². The quantitative estimate of drug-likeness (QED) is 0.157. The Labute approximate surface area is 56.4 Å². The van der Waals surface area contributed by atoms with Gasteiger partial charge >= 0.3 is 18.9 Å². The van der Waals surface area contributed by atoms with Gasteiger partial charge in [0.1, 0.15) is 0 Å². The molecule has 0 fully saturated rings. The summed E-state index contributed by atoms with van der Waals surface area (Å²) < 4.78 is 7.67. The third-order valence-electron chi connectivity index (χ3n) is 0.120. The van der Waals surface area contributed by atoms with Crippen molar-refractivity contribution in [3.63, 3.8) is 0 Å². The standard InChI is InChI=1S/Li.H5O4PS.H/c;1-5(2,3)6-4;/h;1-4,6H;. The van der Waals surface area contributed by atoms with Crippen molar-refractivity contribution in [1.82, 2.24) is 0 Å². The topological polar surface area (TPSA) is 80.9 Å². The molecule has 0 radical (unpaired) electrons. The Morgan fingerprint density at radius 1 is 1.14 bits per heavy atom. The van der Waals surface area contributed by atoms with Crippen molar-refractivity contribution in [2.24, 2.45) is 0 Å². The van der Waals surface area contributed by atoms with E-state index >= 15 is 0 Å². The van der Waals surface area contributed by atoms with Gasteiger partial charge in [-0.05, 0) is 11.2 Å². The molecule has 0 aromatic rings. The monoisotopic (exact) mass is 140 g/mol. The average Bonchev–Trinajstić information content (AvgIpc) is 1.35. The summed E-state index contributed by atoms with van der Waals surface area (Å²) in [4.78, 5) is 23.4. The van der Waals surface area contributed by atoms with Gasteiger partial charge in [0.2, 0.25) is 0 Å². The molecular formula is H6LiO4PS. The first kappa shape index (κ1) is 11.1. The number of hydrogen-bond acceptors (Lipinski definition) is 0. The maximum atomic E-state index is 7.79. The predicted molar refractivity (Wildman–Crippen MR) is 32.1 cm³/mol. The van der Waals surface area contributed by atoms with Crippen LogP contribution in [0.3, 0.4) is 0 Å². The summed E-state index contributed by atoms with van der Waals surface area (Å²) in [5.74, 6) is 0. The minimum absolute atomic E-state index is 0. The summed E-state index contributed by atoms with van der Waals surface area (Å²) in [5, 5.41) is 0. The van der Waals surface area contributed by atoms with Gasteiger partial charge in [0.15, 0.2) is 0 Å². The summed E-state index contributed by atoms with van der Waals surface area (Å²) in [6.07, 6.45) is 0. The predicted octanol–water partition coefficient (Wildman–Crippen LogP) is -1.72. The molecule has 0 aromatic carbocycles. The van der Waals surface area contributed by atoms with Crippen LogP contribution in [-0.2, 0) is 11.2 Å². The third-order valence-corrected chi connectivity index (χ3v) is 1.08. The van der Waals surface area contributed by atoms with Crippen LogP contribution in [0.4, 0.5) is 0 Å². The van der Waals surface area contributed by atoms with Crippen LogP contribution in [0.2, 0.25) is 0 Å². The summed E-state index contributed by atoms with van der Waals surface area (Å²) >= 11 is -0.748. The van der Waals surface area contributed by atoms with E-state index in [9.17, 15) is 0 Å². The first-order valence-corrected chi connectivity index (χ1v) is 4.20. The molecule has 0 atom stereocenters. The van der Waals surface area contributed by atoms with Gasteiger partial charge in [-0.3, -0.25) is 0 Å². The van der Waals surface area contributed by atoms with E-state index in [1.165, 1.54) is 0 Å². The summed E-state index contributed by atoms with van der Waals surface area (Å²) in [5.41, 5.74) is 0. The van der Waals surface area contributed by atoms with Crippen LogP contribution in [0.15, 0.2) is 0 Å². The molecule has 42 valence electrons. The second-order valence-electron chi connectivity index (χ2n) is 0.626. The molecule has 0 aromatic heterocycles. The normalized spacial score (nSPS) is 10.3. The molecular weight excluding hydrogens is 134 g/mol. The average molecular weight is 140 g/mol. The van der Waals surface area contributed by atoms with Crippen LogP contribution in [0.25, 0.3) is 0 Å². The van der Waals surface area contributed by atoms with Gasteiger partial charge in [-0.15, -0.1) is 0 Å². The Morgan fingerprint density at radius 3 is 1.29 bits per heavy atom. The Morgan fingerprint density at radius 2 is 1.29 bits per heavy atom. The Balaban J connectivity index is 0. The maximum absolute atomic E-state index is 7.79. The molecule has 0 saturated heterocycles. The molecule has 0 aliphatic heterocycles. The zero-order valence-corrected chi connectivity index (χ0v) is 4.47. The van der Waals surface area contributed by atoms with Crippen LogP contribution in [0.5, 0.6) is 0 Å². The van der Waals surface area contributed by atoms with Crippen molar-refractivity contribution < 1.29 is 19.2 Å². The van der Waals surface area contributed by atoms with Gasteiger partial charge in [-0.2, -0.15) is 0 Å². The first-order chi connectivity index (χ1) is 2.56. The molecule has 0 saturated carbocycles. The SMILES string of the molecule is O[SH]=P(O)(O)O.[LiH]. The summed E-state index contributed by atoms with van der Waals surface area (Å²) in [6, 6.07) is 0. The zero-order valence-electron chi connectivity index (χ0n) is 2.68. The first-order valence-electron chi connectivity index (χ1n) is 1.000. The van der Waals surface area contributed by atoms with Crippen LogP contribution in [0.1, 0.15) is 0 Å². The minimum atomic E-state index is -3.87. The molecule has 0 unspecified atom stereocenters. The molecule has 0 spiro atoms. The Kier molecular flexibility index (Phi) is 6.54. The van der Waals surface area contributed by atoms with E-state index in [0.29, 0.717) is 0 Å². The molecule has 7 heteroatoms. The van der Waals surface area contributed by atoms with Gasteiger partial charge in [0, 0.05) is 0 Å².